The van der Waals surface area contributed by atoms with Crippen molar-refractivity contribution in [1.29, 1.82) is 0 Å². The average Bonchev–Trinajstić information content (AvgIpc) is 2.42. The van der Waals surface area contributed by atoms with E-state index in [4.69, 9.17) is 0 Å². The molecule has 0 fully saturated rings. The Bertz CT molecular complexity index is 510. The van der Waals surface area contributed by atoms with Crippen molar-refractivity contribution < 1.29 is 5.11 Å². The first kappa shape index (κ1) is 13.8. The van der Waals surface area contributed by atoms with Crippen LogP contribution in [0.25, 0.3) is 0 Å². The predicted molar refractivity (Wildman–Crippen MR) is 78.9 cm³/mol. The maximum Gasteiger partial charge on any atom is 0.0916 e. The van der Waals surface area contributed by atoms with Crippen molar-refractivity contribution in [3.63, 3.8) is 0 Å². The second-order valence-electron chi connectivity index (χ2n) is 5.05. The smallest absolute Gasteiger partial charge is 0.0916 e. The Morgan fingerprint density at radius 1 is 1.00 bits per heavy atom. The van der Waals surface area contributed by atoms with Crippen molar-refractivity contribution in [3.8, 4) is 0 Å². The van der Waals surface area contributed by atoms with E-state index in [0.29, 0.717) is 6.54 Å². The van der Waals surface area contributed by atoms with E-state index in [1.165, 1.54) is 11.1 Å². The lowest BCUT2D eigenvalue weighted by Crippen LogP contribution is -2.24. The fourth-order valence-electron chi connectivity index (χ4n) is 2.22. The van der Waals surface area contributed by atoms with Crippen LogP contribution in [-0.4, -0.2) is 23.6 Å². The van der Waals surface area contributed by atoms with Gasteiger partial charge >= 0.3 is 0 Å². The monoisotopic (exact) mass is 255 g/mol. The number of likely N-dealkylation sites (N-methyl/N-ethyl adjacent to an activating group) is 1. The summed E-state index contributed by atoms with van der Waals surface area (Å²) < 4.78 is 0. The molecule has 0 aliphatic rings. The minimum atomic E-state index is -0.435. The number of benzene rings is 2. The normalized spacial score (nSPS) is 12.6. The van der Waals surface area contributed by atoms with Crippen LogP contribution in [-0.2, 0) is 6.54 Å². The molecule has 1 N–H and O–H groups in total. The highest BCUT2D eigenvalue weighted by Crippen LogP contribution is 2.15. The Kier molecular flexibility index (Phi) is 4.72. The molecule has 0 heterocycles. The van der Waals surface area contributed by atoms with Crippen LogP contribution in [0.5, 0.6) is 0 Å². The van der Waals surface area contributed by atoms with Crippen LogP contribution in [0.1, 0.15) is 22.8 Å². The van der Waals surface area contributed by atoms with Crippen molar-refractivity contribution >= 4 is 0 Å². The van der Waals surface area contributed by atoms with Gasteiger partial charge in [-0.05, 0) is 30.7 Å². The molecule has 0 unspecified atom stereocenters. The minimum Gasteiger partial charge on any atom is -0.387 e. The van der Waals surface area contributed by atoms with Crippen molar-refractivity contribution in [1.82, 2.24) is 4.90 Å². The molecule has 2 aromatic rings. The quantitative estimate of drug-likeness (QED) is 0.887. The molecule has 1 atom stereocenters. The van der Waals surface area contributed by atoms with Crippen LogP contribution in [0.3, 0.4) is 0 Å². The zero-order chi connectivity index (χ0) is 13.7. The first-order chi connectivity index (χ1) is 9.16. The number of hydrogen-bond donors (Lipinski definition) is 1. The summed E-state index contributed by atoms with van der Waals surface area (Å²) in [5, 5.41) is 10.2. The summed E-state index contributed by atoms with van der Waals surface area (Å²) >= 11 is 0. The standard InChI is InChI=1S/C17H21NO/c1-14-8-6-7-11-16(14)12-18(2)13-17(19)15-9-4-3-5-10-15/h3-11,17,19H,12-13H2,1-2H3/t17-/m1/s1. The molecule has 0 saturated heterocycles. The Morgan fingerprint density at radius 2 is 1.63 bits per heavy atom. The van der Waals surface area contributed by atoms with Crippen molar-refractivity contribution in [2.75, 3.05) is 13.6 Å². The average molecular weight is 255 g/mol. The highest BCUT2D eigenvalue weighted by Gasteiger charge is 2.11. The van der Waals surface area contributed by atoms with Crippen LogP contribution in [0.2, 0.25) is 0 Å². The summed E-state index contributed by atoms with van der Waals surface area (Å²) in [5.74, 6) is 0. The van der Waals surface area contributed by atoms with E-state index in [9.17, 15) is 5.11 Å². The summed E-state index contributed by atoms with van der Waals surface area (Å²) in [5.41, 5.74) is 3.58. The number of aliphatic hydroxyl groups is 1. The lowest BCUT2D eigenvalue weighted by molar-refractivity contribution is 0.123. The Balaban J connectivity index is 1.95. The third-order valence-electron chi connectivity index (χ3n) is 3.37. The maximum absolute atomic E-state index is 10.2. The van der Waals surface area contributed by atoms with Gasteiger partial charge in [0.15, 0.2) is 0 Å². The van der Waals surface area contributed by atoms with E-state index in [-0.39, 0.29) is 0 Å². The van der Waals surface area contributed by atoms with Gasteiger partial charge in [0.25, 0.3) is 0 Å². The fraction of sp³-hybridized carbons (Fsp3) is 0.294. The number of aliphatic hydroxyl groups excluding tert-OH is 1. The molecule has 2 aromatic carbocycles. The van der Waals surface area contributed by atoms with E-state index in [0.717, 1.165) is 12.1 Å². The summed E-state index contributed by atoms with van der Waals surface area (Å²) in [6.45, 7) is 3.62. The molecule has 100 valence electrons. The Labute approximate surface area is 115 Å². The number of hydrogen-bond acceptors (Lipinski definition) is 2. The van der Waals surface area contributed by atoms with E-state index in [1.54, 1.807) is 0 Å². The highest BCUT2D eigenvalue weighted by atomic mass is 16.3. The van der Waals surface area contributed by atoms with Gasteiger partial charge in [-0.1, -0.05) is 54.6 Å². The molecule has 0 aliphatic heterocycles. The molecule has 0 amide bonds. The highest BCUT2D eigenvalue weighted by molar-refractivity contribution is 5.25. The molecule has 0 saturated carbocycles. The van der Waals surface area contributed by atoms with E-state index in [1.807, 2.05) is 37.4 Å². The third-order valence-corrected chi connectivity index (χ3v) is 3.37. The molecule has 0 bridgehead atoms. The van der Waals surface area contributed by atoms with Crippen LogP contribution < -0.4 is 0 Å². The topological polar surface area (TPSA) is 23.5 Å². The van der Waals surface area contributed by atoms with Crippen LogP contribution in [0.15, 0.2) is 54.6 Å². The molecule has 2 rings (SSSR count). The molecule has 2 heteroatoms. The third kappa shape index (κ3) is 3.91. The lowest BCUT2D eigenvalue weighted by atomic mass is 10.1. The lowest BCUT2D eigenvalue weighted by Gasteiger charge is -2.21. The van der Waals surface area contributed by atoms with Gasteiger partial charge in [0.1, 0.15) is 0 Å². The number of nitrogens with zero attached hydrogens (tertiary/aromatic N) is 1. The molecule has 2 nitrogen and oxygen atoms in total. The van der Waals surface area contributed by atoms with Crippen LogP contribution >= 0.6 is 0 Å². The Morgan fingerprint density at radius 3 is 2.32 bits per heavy atom. The summed E-state index contributed by atoms with van der Waals surface area (Å²) in [4.78, 5) is 2.15. The van der Waals surface area contributed by atoms with E-state index < -0.39 is 6.10 Å². The second kappa shape index (κ2) is 6.50. The zero-order valence-corrected chi connectivity index (χ0v) is 11.6. The molecule has 0 radical (unpaired) electrons. The summed E-state index contributed by atoms with van der Waals surface area (Å²) in [6.07, 6.45) is -0.435. The van der Waals surface area contributed by atoms with Gasteiger partial charge in [0, 0.05) is 13.1 Å². The van der Waals surface area contributed by atoms with Gasteiger partial charge in [0.05, 0.1) is 6.10 Å². The van der Waals surface area contributed by atoms with Crippen LogP contribution in [0.4, 0.5) is 0 Å². The van der Waals surface area contributed by atoms with E-state index in [2.05, 4.69) is 36.1 Å². The predicted octanol–water partition coefficient (Wildman–Crippen LogP) is 3.16. The first-order valence-corrected chi connectivity index (χ1v) is 6.63. The van der Waals surface area contributed by atoms with Gasteiger partial charge in [-0.15, -0.1) is 0 Å². The fourth-order valence-corrected chi connectivity index (χ4v) is 2.22. The molecular weight excluding hydrogens is 234 g/mol. The zero-order valence-electron chi connectivity index (χ0n) is 11.6. The van der Waals surface area contributed by atoms with Gasteiger partial charge in [-0.25, -0.2) is 0 Å². The van der Waals surface area contributed by atoms with Gasteiger partial charge in [-0.3, -0.25) is 4.90 Å². The Hall–Kier alpha value is -1.64. The van der Waals surface area contributed by atoms with Crippen molar-refractivity contribution in [3.05, 3.63) is 71.3 Å². The molecule has 0 aliphatic carbocycles. The van der Waals surface area contributed by atoms with Crippen molar-refractivity contribution in [2.24, 2.45) is 0 Å². The van der Waals surface area contributed by atoms with Gasteiger partial charge < -0.3 is 5.11 Å². The van der Waals surface area contributed by atoms with Gasteiger partial charge in [-0.2, -0.15) is 0 Å². The van der Waals surface area contributed by atoms with Crippen LogP contribution in [0, 0.1) is 6.92 Å². The second-order valence-corrected chi connectivity index (χ2v) is 5.05. The first-order valence-electron chi connectivity index (χ1n) is 6.63. The minimum absolute atomic E-state index is 0.435. The molecule has 0 spiro atoms. The summed E-state index contributed by atoms with van der Waals surface area (Å²) in [6, 6.07) is 18.2. The SMILES string of the molecule is Cc1ccccc1CN(C)C[C@@H](O)c1ccccc1. The molecule has 19 heavy (non-hydrogen) atoms. The van der Waals surface area contributed by atoms with Crippen molar-refractivity contribution in [2.45, 2.75) is 19.6 Å². The van der Waals surface area contributed by atoms with Gasteiger partial charge in [0.2, 0.25) is 0 Å². The van der Waals surface area contributed by atoms with E-state index >= 15 is 0 Å². The molecular formula is C17H21NO. The number of rotatable bonds is 5. The summed E-state index contributed by atoms with van der Waals surface area (Å²) in [7, 11) is 2.04. The largest absolute Gasteiger partial charge is 0.387 e. The number of aryl methyl sites for hydroxylation is 1. The maximum atomic E-state index is 10.2. The molecule has 0 aromatic heterocycles.